The molecular formula is C13H19N3O3. The Bertz CT molecular complexity index is 462. The lowest BCUT2D eigenvalue weighted by atomic mass is 9.96. The summed E-state index contributed by atoms with van der Waals surface area (Å²) < 4.78 is 1.94. The van der Waals surface area contributed by atoms with Gasteiger partial charge in [0, 0.05) is 31.7 Å². The topological polar surface area (TPSA) is 78.6 Å². The molecule has 0 radical (unpaired) electrons. The van der Waals surface area contributed by atoms with Gasteiger partial charge in [-0.05, 0) is 18.9 Å². The predicted molar refractivity (Wildman–Crippen MR) is 71.0 cm³/mol. The van der Waals surface area contributed by atoms with Gasteiger partial charge < -0.3 is 19.7 Å². The van der Waals surface area contributed by atoms with E-state index < -0.39 is 6.09 Å². The third-order valence-corrected chi connectivity index (χ3v) is 3.51. The highest BCUT2D eigenvalue weighted by molar-refractivity contribution is 5.65. The average Bonchev–Trinajstić information content (AvgIpc) is 2.82. The summed E-state index contributed by atoms with van der Waals surface area (Å²) in [5.41, 5.74) is 0.795. The Hall–Kier alpha value is -1.82. The molecule has 1 aromatic rings. The number of carbonyl (C=O) groups is 1. The van der Waals surface area contributed by atoms with Crippen molar-refractivity contribution in [2.24, 2.45) is 0 Å². The Morgan fingerprint density at radius 2 is 2.21 bits per heavy atom. The number of aliphatic hydroxyl groups is 1. The molecule has 1 aliphatic rings. The molecule has 1 aromatic heterocycles. The first kappa shape index (κ1) is 13.6. The molecule has 0 atom stereocenters. The minimum absolute atomic E-state index is 0.0634. The molecule has 6 heteroatoms. The van der Waals surface area contributed by atoms with Crippen molar-refractivity contribution in [3.63, 3.8) is 0 Å². The summed E-state index contributed by atoms with van der Waals surface area (Å²) in [5.74, 6) is 1.17. The fourth-order valence-electron chi connectivity index (χ4n) is 2.49. The van der Waals surface area contributed by atoms with Crippen LogP contribution < -0.4 is 0 Å². The van der Waals surface area contributed by atoms with E-state index in [1.807, 2.05) is 10.8 Å². The Morgan fingerprint density at radius 3 is 2.74 bits per heavy atom. The number of amides is 1. The highest BCUT2D eigenvalue weighted by Crippen LogP contribution is 2.27. The zero-order chi connectivity index (χ0) is 13.8. The Morgan fingerprint density at radius 1 is 1.53 bits per heavy atom. The molecule has 2 heterocycles. The number of aromatic nitrogens is 2. The van der Waals surface area contributed by atoms with Crippen LogP contribution in [0.15, 0.2) is 12.8 Å². The Kier molecular flexibility index (Phi) is 4.21. The number of aliphatic hydroxyl groups excluding tert-OH is 1. The van der Waals surface area contributed by atoms with E-state index in [2.05, 4.69) is 11.6 Å². The summed E-state index contributed by atoms with van der Waals surface area (Å²) in [5, 5.41) is 18.0. The molecule has 19 heavy (non-hydrogen) atoms. The molecule has 6 nitrogen and oxygen atoms in total. The fraction of sp³-hybridized carbons (Fsp3) is 0.538. The standard InChI is InChI=1S/C13H19N3O3/c1-2-11-9-16(7-8-17)12(14-11)10-3-5-15(6-4-10)13(18)19/h2,9-10,17H,1,3-8H2,(H,18,19). The van der Waals surface area contributed by atoms with Gasteiger partial charge in [-0.15, -0.1) is 0 Å². The van der Waals surface area contributed by atoms with E-state index in [1.54, 1.807) is 6.08 Å². The number of nitrogens with zero attached hydrogens (tertiary/aromatic N) is 3. The SMILES string of the molecule is C=Cc1cn(CCO)c(C2CCN(C(=O)O)CC2)n1. The summed E-state index contributed by atoms with van der Waals surface area (Å²) in [7, 11) is 0. The van der Waals surface area contributed by atoms with Crippen molar-refractivity contribution < 1.29 is 15.0 Å². The van der Waals surface area contributed by atoms with E-state index in [-0.39, 0.29) is 12.5 Å². The van der Waals surface area contributed by atoms with Gasteiger partial charge in [-0.25, -0.2) is 9.78 Å². The van der Waals surface area contributed by atoms with Crippen molar-refractivity contribution in [1.82, 2.24) is 14.5 Å². The molecular weight excluding hydrogens is 246 g/mol. The number of rotatable bonds is 4. The second kappa shape index (κ2) is 5.88. The molecule has 2 rings (SSSR count). The quantitative estimate of drug-likeness (QED) is 0.862. The van der Waals surface area contributed by atoms with Crippen LogP contribution in [0.25, 0.3) is 6.08 Å². The second-order valence-electron chi connectivity index (χ2n) is 4.69. The third-order valence-electron chi connectivity index (χ3n) is 3.51. The molecule has 1 fully saturated rings. The van der Waals surface area contributed by atoms with E-state index in [9.17, 15) is 4.79 Å². The number of likely N-dealkylation sites (tertiary alicyclic amines) is 1. The second-order valence-corrected chi connectivity index (χ2v) is 4.69. The van der Waals surface area contributed by atoms with Crippen LogP contribution in [0.4, 0.5) is 4.79 Å². The molecule has 0 saturated carbocycles. The largest absolute Gasteiger partial charge is 0.465 e. The van der Waals surface area contributed by atoms with Crippen LogP contribution in [-0.4, -0.2) is 50.5 Å². The van der Waals surface area contributed by atoms with Gasteiger partial charge in [0.25, 0.3) is 0 Å². The predicted octanol–water partition coefficient (Wildman–Crippen LogP) is 1.38. The lowest BCUT2D eigenvalue weighted by Gasteiger charge is -2.29. The number of hydrogen-bond acceptors (Lipinski definition) is 3. The van der Waals surface area contributed by atoms with E-state index in [0.717, 1.165) is 24.4 Å². The van der Waals surface area contributed by atoms with Crippen molar-refractivity contribution in [3.05, 3.63) is 24.3 Å². The van der Waals surface area contributed by atoms with Gasteiger partial charge in [-0.3, -0.25) is 0 Å². The first-order valence-corrected chi connectivity index (χ1v) is 6.44. The van der Waals surface area contributed by atoms with E-state index in [1.165, 1.54) is 4.90 Å². The molecule has 1 aliphatic heterocycles. The molecule has 104 valence electrons. The van der Waals surface area contributed by atoms with Crippen LogP contribution in [0.1, 0.15) is 30.3 Å². The summed E-state index contributed by atoms with van der Waals surface area (Å²) in [6.07, 6.45) is 4.24. The first-order chi connectivity index (χ1) is 9.15. The molecule has 2 N–H and O–H groups in total. The lowest BCUT2D eigenvalue weighted by molar-refractivity contribution is 0.131. The maximum Gasteiger partial charge on any atom is 0.407 e. The van der Waals surface area contributed by atoms with Crippen molar-refractivity contribution in [3.8, 4) is 0 Å². The first-order valence-electron chi connectivity index (χ1n) is 6.44. The number of piperidine rings is 1. The van der Waals surface area contributed by atoms with Crippen LogP contribution in [0.5, 0.6) is 0 Å². The average molecular weight is 265 g/mol. The Labute approximate surface area is 112 Å². The van der Waals surface area contributed by atoms with Gasteiger partial charge in [0.2, 0.25) is 0 Å². The minimum atomic E-state index is -0.857. The van der Waals surface area contributed by atoms with Crippen molar-refractivity contribution >= 4 is 12.2 Å². The number of imidazole rings is 1. The van der Waals surface area contributed by atoms with Crippen LogP contribution in [0.3, 0.4) is 0 Å². The van der Waals surface area contributed by atoms with Crippen molar-refractivity contribution in [2.75, 3.05) is 19.7 Å². The van der Waals surface area contributed by atoms with Gasteiger partial charge in [0.15, 0.2) is 0 Å². The Balaban J connectivity index is 2.11. The molecule has 0 aromatic carbocycles. The van der Waals surface area contributed by atoms with Gasteiger partial charge in [-0.2, -0.15) is 0 Å². The highest BCUT2D eigenvalue weighted by atomic mass is 16.4. The zero-order valence-electron chi connectivity index (χ0n) is 10.8. The van der Waals surface area contributed by atoms with Crippen LogP contribution in [0, 0.1) is 0 Å². The number of hydrogen-bond donors (Lipinski definition) is 2. The summed E-state index contributed by atoms with van der Waals surface area (Å²) in [6.45, 7) is 5.35. The summed E-state index contributed by atoms with van der Waals surface area (Å²) in [4.78, 5) is 16.8. The summed E-state index contributed by atoms with van der Waals surface area (Å²) >= 11 is 0. The fourth-order valence-corrected chi connectivity index (χ4v) is 2.49. The van der Waals surface area contributed by atoms with Gasteiger partial charge in [0.05, 0.1) is 12.3 Å². The van der Waals surface area contributed by atoms with Gasteiger partial charge in [-0.1, -0.05) is 6.58 Å². The van der Waals surface area contributed by atoms with Crippen LogP contribution in [0.2, 0.25) is 0 Å². The normalized spacial score (nSPS) is 16.6. The van der Waals surface area contributed by atoms with Crippen LogP contribution in [-0.2, 0) is 6.54 Å². The van der Waals surface area contributed by atoms with Gasteiger partial charge >= 0.3 is 6.09 Å². The van der Waals surface area contributed by atoms with Crippen molar-refractivity contribution in [2.45, 2.75) is 25.3 Å². The smallest absolute Gasteiger partial charge is 0.407 e. The molecule has 1 saturated heterocycles. The maximum absolute atomic E-state index is 10.9. The van der Waals surface area contributed by atoms with Crippen LogP contribution >= 0.6 is 0 Å². The molecule has 0 aliphatic carbocycles. The van der Waals surface area contributed by atoms with E-state index >= 15 is 0 Å². The highest BCUT2D eigenvalue weighted by Gasteiger charge is 2.26. The molecule has 0 bridgehead atoms. The lowest BCUT2D eigenvalue weighted by Crippen LogP contribution is -2.37. The third kappa shape index (κ3) is 2.96. The van der Waals surface area contributed by atoms with Gasteiger partial charge in [0.1, 0.15) is 5.82 Å². The maximum atomic E-state index is 10.9. The van der Waals surface area contributed by atoms with E-state index in [0.29, 0.717) is 19.6 Å². The number of carboxylic acid groups (broad SMARTS) is 1. The zero-order valence-corrected chi connectivity index (χ0v) is 10.8. The van der Waals surface area contributed by atoms with E-state index in [4.69, 9.17) is 10.2 Å². The molecule has 0 spiro atoms. The minimum Gasteiger partial charge on any atom is -0.465 e. The van der Waals surface area contributed by atoms with Crippen molar-refractivity contribution in [1.29, 1.82) is 0 Å². The summed E-state index contributed by atoms with van der Waals surface area (Å²) in [6, 6.07) is 0. The monoisotopic (exact) mass is 265 g/mol. The molecule has 0 unspecified atom stereocenters. The molecule has 1 amide bonds.